The first-order chi connectivity index (χ1) is 7.72. The van der Waals surface area contributed by atoms with Gasteiger partial charge < -0.3 is 9.30 Å². The van der Waals surface area contributed by atoms with Crippen LogP contribution in [-0.2, 0) is 16.1 Å². The zero-order valence-corrected chi connectivity index (χ0v) is 9.56. The van der Waals surface area contributed by atoms with Gasteiger partial charge in [0, 0.05) is 24.9 Å². The van der Waals surface area contributed by atoms with Gasteiger partial charge in [-0.2, -0.15) is 0 Å². The molecule has 1 aliphatic heterocycles. The Morgan fingerprint density at radius 3 is 2.88 bits per heavy atom. The van der Waals surface area contributed by atoms with Gasteiger partial charge in [-0.3, -0.25) is 4.79 Å². The number of aryl methyl sites for hydroxylation is 1. The topological polar surface area (TPSA) is 31.2 Å². The Balaban J connectivity index is 1.52. The molecule has 3 heteroatoms. The van der Waals surface area contributed by atoms with Gasteiger partial charge in [-0.25, -0.2) is 0 Å². The van der Waals surface area contributed by atoms with Crippen molar-refractivity contribution in [2.24, 2.45) is 17.3 Å². The van der Waals surface area contributed by atoms with E-state index in [-0.39, 0.29) is 17.3 Å². The lowest BCUT2D eigenvalue weighted by Gasteiger charge is -2.14. The number of hydrogen-bond donors (Lipinski definition) is 0. The maximum atomic E-state index is 11.4. The van der Waals surface area contributed by atoms with Crippen molar-refractivity contribution >= 4 is 5.97 Å². The lowest BCUT2D eigenvalue weighted by molar-refractivity contribution is -0.143. The standard InChI is InChI=1S/C13H17NO2/c1-13(10-9-16-12(15)11(10)13)5-4-8-14-6-2-3-7-14/h2-3,6-7,10-11H,4-5,8-9H2,1H3/t10-,11-,13-/m1/s1. The summed E-state index contributed by atoms with van der Waals surface area (Å²) in [5, 5.41) is 0. The van der Waals surface area contributed by atoms with Gasteiger partial charge >= 0.3 is 5.97 Å². The zero-order chi connectivity index (χ0) is 11.2. The van der Waals surface area contributed by atoms with Crippen LogP contribution in [0.4, 0.5) is 0 Å². The van der Waals surface area contributed by atoms with Crippen molar-refractivity contribution in [1.82, 2.24) is 4.57 Å². The number of rotatable bonds is 4. The second-order valence-corrected chi connectivity index (χ2v) is 5.24. The van der Waals surface area contributed by atoms with Crippen molar-refractivity contribution in [1.29, 1.82) is 0 Å². The molecule has 1 aliphatic carbocycles. The Bertz CT molecular complexity index is 398. The van der Waals surface area contributed by atoms with Gasteiger partial charge in [-0.05, 0) is 30.4 Å². The number of hydrogen-bond acceptors (Lipinski definition) is 2. The summed E-state index contributed by atoms with van der Waals surface area (Å²) in [4.78, 5) is 11.4. The van der Waals surface area contributed by atoms with Gasteiger partial charge in [0.25, 0.3) is 0 Å². The quantitative estimate of drug-likeness (QED) is 0.726. The number of carbonyl (C=O) groups is 1. The minimum absolute atomic E-state index is 0.0356. The first-order valence-electron chi connectivity index (χ1n) is 5.99. The van der Waals surface area contributed by atoms with Gasteiger partial charge in [-0.1, -0.05) is 6.92 Å². The fourth-order valence-corrected chi connectivity index (χ4v) is 3.15. The highest BCUT2D eigenvalue weighted by molar-refractivity contribution is 5.80. The van der Waals surface area contributed by atoms with Crippen molar-refractivity contribution < 1.29 is 9.53 Å². The monoisotopic (exact) mass is 219 g/mol. The van der Waals surface area contributed by atoms with Gasteiger partial charge in [0.1, 0.15) is 0 Å². The Labute approximate surface area is 95.4 Å². The summed E-state index contributed by atoms with van der Waals surface area (Å²) < 4.78 is 7.21. The molecule has 86 valence electrons. The second-order valence-electron chi connectivity index (χ2n) is 5.24. The predicted octanol–water partition coefficient (Wildman–Crippen LogP) is 2.08. The smallest absolute Gasteiger partial charge is 0.309 e. The van der Waals surface area contributed by atoms with Crippen LogP contribution in [0.2, 0.25) is 0 Å². The molecule has 1 saturated heterocycles. The Morgan fingerprint density at radius 1 is 1.50 bits per heavy atom. The SMILES string of the molecule is C[C@@]1(CCCn2cccc2)[C@@H]2COC(=O)[C@@H]21. The minimum atomic E-state index is 0.0356. The molecule has 3 rings (SSSR count). The number of cyclic esters (lactones) is 1. The molecule has 0 N–H and O–H groups in total. The highest BCUT2D eigenvalue weighted by Crippen LogP contribution is 2.64. The first-order valence-corrected chi connectivity index (χ1v) is 5.99. The summed E-state index contributed by atoms with van der Waals surface area (Å²) in [6.45, 7) is 3.94. The van der Waals surface area contributed by atoms with Crippen LogP contribution >= 0.6 is 0 Å². The Morgan fingerprint density at radius 2 is 2.25 bits per heavy atom. The van der Waals surface area contributed by atoms with Crippen LogP contribution in [0.1, 0.15) is 19.8 Å². The number of aromatic nitrogens is 1. The summed E-state index contributed by atoms with van der Waals surface area (Å²) in [6, 6.07) is 4.09. The van der Waals surface area contributed by atoms with Gasteiger partial charge in [0.05, 0.1) is 12.5 Å². The highest BCUT2D eigenvalue weighted by atomic mass is 16.5. The van der Waals surface area contributed by atoms with Crippen molar-refractivity contribution in [2.45, 2.75) is 26.3 Å². The van der Waals surface area contributed by atoms with Crippen molar-refractivity contribution in [3.63, 3.8) is 0 Å². The van der Waals surface area contributed by atoms with Crippen molar-refractivity contribution in [3.8, 4) is 0 Å². The van der Waals surface area contributed by atoms with E-state index in [1.807, 2.05) is 12.1 Å². The van der Waals surface area contributed by atoms with Crippen LogP contribution in [0.5, 0.6) is 0 Å². The highest BCUT2D eigenvalue weighted by Gasteiger charge is 2.68. The largest absolute Gasteiger partial charge is 0.465 e. The number of nitrogens with zero attached hydrogens (tertiary/aromatic N) is 1. The molecule has 0 aromatic carbocycles. The molecule has 3 atom stereocenters. The molecule has 1 aromatic rings. The fourth-order valence-electron chi connectivity index (χ4n) is 3.15. The third-order valence-corrected chi connectivity index (χ3v) is 4.31. The average molecular weight is 219 g/mol. The van der Waals surface area contributed by atoms with Crippen molar-refractivity contribution in [2.75, 3.05) is 6.61 Å². The molecule has 3 nitrogen and oxygen atoms in total. The zero-order valence-electron chi connectivity index (χ0n) is 9.56. The molecule has 0 amide bonds. The average Bonchev–Trinajstić information content (AvgIpc) is 2.66. The molecule has 2 aliphatic rings. The number of ether oxygens (including phenoxy) is 1. The summed E-state index contributed by atoms with van der Waals surface area (Å²) in [5.74, 6) is 0.746. The Hall–Kier alpha value is -1.25. The van der Waals surface area contributed by atoms with Gasteiger partial charge in [0.15, 0.2) is 0 Å². The van der Waals surface area contributed by atoms with Crippen molar-refractivity contribution in [3.05, 3.63) is 24.5 Å². The molecular weight excluding hydrogens is 202 g/mol. The lowest BCUT2D eigenvalue weighted by Crippen LogP contribution is -2.14. The number of esters is 1. The third kappa shape index (κ3) is 1.38. The van der Waals surface area contributed by atoms with Crippen LogP contribution in [0.15, 0.2) is 24.5 Å². The number of fused-ring (bicyclic) bond motifs is 1. The normalized spacial score (nSPS) is 35.9. The van der Waals surface area contributed by atoms with E-state index in [2.05, 4.69) is 23.9 Å². The second kappa shape index (κ2) is 3.37. The van der Waals surface area contributed by atoms with Crippen LogP contribution < -0.4 is 0 Å². The van der Waals surface area contributed by atoms with E-state index < -0.39 is 0 Å². The van der Waals surface area contributed by atoms with E-state index in [1.165, 1.54) is 0 Å². The summed E-state index contributed by atoms with van der Waals surface area (Å²) in [7, 11) is 0. The molecule has 16 heavy (non-hydrogen) atoms. The maximum absolute atomic E-state index is 11.4. The summed E-state index contributed by atoms with van der Waals surface area (Å²) in [6.07, 6.45) is 6.45. The molecule has 0 bridgehead atoms. The molecular formula is C13H17NO2. The molecule has 1 aromatic heterocycles. The van der Waals surface area contributed by atoms with E-state index in [4.69, 9.17) is 4.74 Å². The third-order valence-electron chi connectivity index (χ3n) is 4.31. The van der Waals surface area contributed by atoms with Crippen LogP contribution in [0.3, 0.4) is 0 Å². The van der Waals surface area contributed by atoms with Crippen LogP contribution in [0.25, 0.3) is 0 Å². The van der Waals surface area contributed by atoms with E-state index in [0.717, 1.165) is 19.4 Å². The van der Waals surface area contributed by atoms with E-state index in [9.17, 15) is 4.79 Å². The molecule has 1 saturated carbocycles. The van der Waals surface area contributed by atoms with E-state index in [1.54, 1.807) is 0 Å². The molecule has 0 spiro atoms. The molecule has 2 heterocycles. The van der Waals surface area contributed by atoms with Gasteiger partial charge in [-0.15, -0.1) is 0 Å². The minimum Gasteiger partial charge on any atom is -0.465 e. The number of carbonyl (C=O) groups excluding carboxylic acids is 1. The molecule has 0 radical (unpaired) electrons. The molecule has 2 fully saturated rings. The summed E-state index contributed by atoms with van der Waals surface area (Å²) >= 11 is 0. The van der Waals surface area contributed by atoms with Gasteiger partial charge in [0.2, 0.25) is 0 Å². The lowest BCUT2D eigenvalue weighted by atomic mass is 9.97. The maximum Gasteiger partial charge on any atom is 0.309 e. The van der Waals surface area contributed by atoms with E-state index in [0.29, 0.717) is 12.5 Å². The van der Waals surface area contributed by atoms with E-state index >= 15 is 0 Å². The first kappa shape index (κ1) is 9.94. The predicted molar refractivity (Wildman–Crippen MR) is 59.7 cm³/mol. The fraction of sp³-hybridized carbons (Fsp3) is 0.615. The van der Waals surface area contributed by atoms with Crippen LogP contribution in [0, 0.1) is 17.3 Å². The summed E-state index contributed by atoms with van der Waals surface area (Å²) in [5.41, 5.74) is 0.239. The Kier molecular flexibility index (Phi) is 2.09. The van der Waals surface area contributed by atoms with Crippen LogP contribution in [-0.4, -0.2) is 17.1 Å². The molecule has 0 unspecified atom stereocenters.